The summed E-state index contributed by atoms with van der Waals surface area (Å²) < 4.78 is 60.6. The van der Waals surface area contributed by atoms with Crippen LogP contribution in [0.25, 0.3) is 11.0 Å². The average molecular weight is 508 g/mol. The fourth-order valence-corrected chi connectivity index (χ4v) is 6.33. The monoisotopic (exact) mass is 507 g/mol. The Kier molecular flexibility index (Phi) is 7.10. The molecule has 0 radical (unpaired) electrons. The van der Waals surface area contributed by atoms with Crippen molar-refractivity contribution >= 4 is 36.8 Å². The zero-order valence-corrected chi connectivity index (χ0v) is 20.7. The number of rotatable bonds is 10. The second-order valence-corrected chi connectivity index (χ2v) is 12.3. The SMILES string of the molecule is C=CS(=O)(=O)NCc1cnn(Cc2cc(C)c3c(NS(=O)(=O)CC4CCCCC4)noc3c2)c1. The van der Waals surface area contributed by atoms with E-state index >= 15 is 0 Å². The Hall–Kier alpha value is -2.70. The fourth-order valence-electron chi connectivity index (χ4n) is 4.37. The van der Waals surface area contributed by atoms with Gasteiger partial charge < -0.3 is 4.52 Å². The lowest BCUT2D eigenvalue weighted by Crippen LogP contribution is -2.24. The van der Waals surface area contributed by atoms with Crippen molar-refractivity contribution in [2.24, 2.45) is 5.92 Å². The summed E-state index contributed by atoms with van der Waals surface area (Å²) in [6.07, 6.45) is 8.55. The minimum absolute atomic E-state index is 0.100. The smallest absolute Gasteiger partial charge is 0.234 e. The van der Waals surface area contributed by atoms with Crippen LogP contribution in [0.15, 0.2) is 41.0 Å². The van der Waals surface area contributed by atoms with Crippen LogP contribution < -0.4 is 9.44 Å². The Morgan fingerprint density at radius 1 is 1.18 bits per heavy atom. The third-order valence-corrected chi connectivity index (χ3v) is 8.39. The maximum absolute atomic E-state index is 12.7. The van der Waals surface area contributed by atoms with E-state index in [-0.39, 0.29) is 24.0 Å². The largest absolute Gasteiger partial charge is 0.354 e. The molecule has 10 nitrogen and oxygen atoms in total. The normalized spacial score (nSPS) is 15.6. The molecule has 0 amide bonds. The first kappa shape index (κ1) is 24.4. The zero-order valence-electron chi connectivity index (χ0n) is 19.0. The van der Waals surface area contributed by atoms with Crippen LogP contribution in [0.3, 0.4) is 0 Å². The number of hydrogen-bond donors (Lipinski definition) is 2. The van der Waals surface area contributed by atoms with Gasteiger partial charge in [0.1, 0.15) is 0 Å². The van der Waals surface area contributed by atoms with Gasteiger partial charge in [0.25, 0.3) is 0 Å². The van der Waals surface area contributed by atoms with Gasteiger partial charge in [0, 0.05) is 23.7 Å². The van der Waals surface area contributed by atoms with Gasteiger partial charge in [-0.1, -0.05) is 37.1 Å². The van der Waals surface area contributed by atoms with Gasteiger partial charge in [0.05, 0.1) is 23.9 Å². The Bertz CT molecular complexity index is 1390. The quantitative estimate of drug-likeness (QED) is 0.430. The van der Waals surface area contributed by atoms with Crippen molar-refractivity contribution in [1.82, 2.24) is 19.7 Å². The molecular weight excluding hydrogens is 478 g/mol. The number of sulfonamides is 2. The standard InChI is InChI=1S/C22H29N5O5S2/c1-3-33(28,29)24-12-19-11-23-27(14-19)13-18-9-16(2)21-20(10-18)32-25-22(21)26-34(30,31)15-17-7-5-4-6-8-17/h3,9-11,14,17,24H,1,4-8,12-13,15H2,2H3,(H,25,26). The molecule has 1 aromatic carbocycles. The molecule has 2 heterocycles. The molecule has 4 rings (SSSR count). The van der Waals surface area contributed by atoms with E-state index in [1.54, 1.807) is 23.1 Å². The lowest BCUT2D eigenvalue weighted by Gasteiger charge is -2.21. The molecule has 34 heavy (non-hydrogen) atoms. The number of fused-ring (bicyclic) bond motifs is 1. The van der Waals surface area contributed by atoms with E-state index in [2.05, 4.69) is 26.3 Å². The Balaban J connectivity index is 1.46. The molecule has 2 aromatic heterocycles. The number of nitrogens with zero attached hydrogens (tertiary/aromatic N) is 3. The van der Waals surface area contributed by atoms with Crippen LogP contribution in [0.2, 0.25) is 0 Å². The van der Waals surface area contributed by atoms with E-state index in [4.69, 9.17) is 4.52 Å². The average Bonchev–Trinajstić information content (AvgIpc) is 3.39. The second-order valence-electron chi connectivity index (χ2n) is 8.78. The Morgan fingerprint density at radius 3 is 2.68 bits per heavy atom. The first-order valence-electron chi connectivity index (χ1n) is 11.2. The Morgan fingerprint density at radius 2 is 1.94 bits per heavy atom. The van der Waals surface area contributed by atoms with Crippen molar-refractivity contribution in [1.29, 1.82) is 0 Å². The maximum Gasteiger partial charge on any atom is 0.234 e. The summed E-state index contributed by atoms with van der Waals surface area (Å²) in [5.74, 6) is 0.497. The highest BCUT2D eigenvalue weighted by Gasteiger charge is 2.24. The van der Waals surface area contributed by atoms with Gasteiger partial charge in [-0.15, -0.1) is 0 Å². The molecule has 12 heteroatoms. The van der Waals surface area contributed by atoms with Crippen molar-refractivity contribution in [2.45, 2.75) is 52.1 Å². The molecule has 0 spiro atoms. The van der Waals surface area contributed by atoms with Crippen LogP contribution in [-0.4, -0.2) is 37.5 Å². The summed E-state index contributed by atoms with van der Waals surface area (Å²) in [6, 6.07) is 3.73. The van der Waals surface area contributed by atoms with Crippen molar-refractivity contribution in [3.05, 3.63) is 53.2 Å². The van der Waals surface area contributed by atoms with Crippen molar-refractivity contribution in [3.63, 3.8) is 0 Å². The molecule has 0 unspecified atom stereocenters. The van der Waals surface area contributed by atoms with E-state index in [0.717, 1.165) is 42.2 Å². The summed E-state index contributed by atoms with van der Waals surface area (Å²) in [5.41, 5.74) is 2.91. The zero-order chi connectivity index (χ0) is 24.3. The first-order valence-corrected chi connectivity index (χ1v) is 14.4. The predicted octanol–water partition coefficient (Wildman–Crippen LogP) is 3.27. The van der Waals surface area contributed by atoms with Crippen LogP contribution in [0, 0.1) is 12.8 Å². The van der Waals surface area contributed by atoms with Gasteiger partial charge in [-0.05, 0) is 42.9 Å². The van der Waals surface area contributed by atoms with Crippen LogP contribution in [0.5, 0.6) is 0 Å². The molecule has 3 aromatic rings. The lowest BCUT2D eigenvalue weighted by atomic mass is 9.91. The van der Waals surface area contributed by atoms with Gasteiger partial charge >= 0.3 is 0 Å². The van der Waals surface area contributed by atoms with Crippen LogP contribution in [0.1, 0.15) is 48.8 Å². The molecule has 184 valence electrons. The highest BCUT2D eigenvalue weighted by atomic mass is 32.2. The Labute approximate surface area is 199 Å². The summed E-state index contributed by atoms with van der Waals surface area (Å²) >= 11 is 0. The molecule has 1 fully saturated rings. The third kappa shape index (κ3) is 6.05. The van der Waals surface area contributed by atoms with Gasteiger partial charge in [0.2, 0.25) is 20.0 Å². The summed E-state index contributed by atoms with van der Waals surface area (Å²) in [7, 11) is -7.04. The van der Waals surface area contributed by atoms with Gasteiger partial charge in [-0.2, -0.15) is 5.10 Å². The van der Waals surface area contributed by atoms with Crippen molar-refractivity contribution in [2.75, 3.05) is 10.5 Å². The molecule has 1 saturated carbocycles. The fraction of sp³-hybridized carbons (Fsp3) is 0.455. The molecule has 0 bridgehead atoms. The first-order chi connectivity index (χ1) is 16.1. The summed E-state index contributed by atoms with van der Waals surface area (Å²) in [6.45, 7) is 5.67. The topological polar surface area (TPSA) is 136 Å². The van der Waals surface area contributed by atoms with Crippen LogP contribution >= 0.6 is 0 Å². The predicted molar refractivity (Wildman–Crippen MR) is 130 cm³/mol. The van der Waals surface area contributed by atoms with E-state index < -0.39 is 20.0 Å². The highest BCUT2D eigenvalue weighted by Crippen LogP contribution is 2.30. The molecule has 0 saturated heterocycles. The highest BCUT2D eigenvalue weighted by molar-refractivity contribution is 7.92. The van der Waals surface area contributed by atoms with E-state index in [9.17, 15) is 16.8 Å². The number of nitrogens with one attached hydrogen (secondary N) is 2. The van der Waals surface area contributed by atoms with E-state index in [1.807, 2.05) is 13.0 Å². The van der Waals surface area contributed by atoms with E-state index in [0.29, 0.717) is 23.1 Å². The maximum atomic E-state index is 12.7. The van der Waals surface area contributed by atoms with Crippen molar-refractivity contribution < 1.29 is 21.4 Å². The number of aromatic nitrogens is 3. The van der Waals surface area contributed by atoms with Crippen LogP contribution in [0.4, 0.5) is 5.82 Å². The lowest BCUT2D eigenvalue weighted by molar-refractivity contribution is 0.385. The number of hydrogen-bond acceptors (Lipinski definition) is 7. The molecule has 1 aliphatic rings. The number of aryl methyl sites for hydroxylation is 1. The van der Waals surface area contributed by atoms with Crippen molar-refractivity contribution in [3.8, 4) is 0 Å². The molecule has 2 N–H and O–H groups in total. The third-order valence-electron chi connectivity index (χ3n) is 5.99. The number of anilines is 1. The molecule has 0 aliphatic heterocycles. The molecule has 1 aliphatic carbocycles. The minimum atomic E-state index is -3.53. The summed E-state index contributed by atoms with van der Waals surface area (Å²) in [5, 5.41) is 9.75. The van der Waals surface area contributed by atoms with Gasteiger partial charge in [0.15, 0.2) is 11.4 Å². The van der Waals surface area contributed by atoms with Gasteiger partial charge in [-0.3, -0.25) is 9.40 Å². The number of benzene rings is 1. The van der Waals surface area contributed by atoms with E-state index in [1.165, 1.54) is 6.42 Å². The van der Waals surface area contributed by atoms with Gasteiger partial charge in [-0.25, -0.2) is 21.6 Å². The molecule has 0 atom stereocenters. The summed E-state index contributed by atoms with van der Waals surface area (Å²) in [4.78, 5) is 0. The molecular formula is C22H29N5O5S2. The second kappa shape index (κ2) is 9.88. The van der Waals surface area contributed by atoms with Crippen LogP contribution in [-0.2, 0) is 33.1 Å². The minimum Gasteiger partial charge on any atom is -0.354 e.